The van der Waals surface area contributed by atoms with Crippen LogP contribution in [0.5, 0.6) is 0 Å². The van der Waals surface area contributed by atoms with Gasteiger partial charge in [-0.15, -0.1) is 0 Å². The summed E-state index contributed by atoms with van der Waals surface area (Å²) in [5.41, 5.74) is 2.66. The van der Waals surface area contributed by atoms with E-state index in [9.17, 15) is 0 Å². The van der Waals surface area contributed by atoms with Crippen molar-refractivity contribution >= 4 is 11.6 Å². The molecule has 1 aliphatic rings. The number of hydrogen-bond acceptors (Lipinski definition) is 3. The number of ether oxygens (including phenoxy) is 1. The molecule has 2 aromatic rings. The molecule has 1 aliphatic heterocycles. The zero-order valence-corrected chi connectivity index (χ0v) is 14.2. The van der Waals surface area contributed by atoms with Gasteiger partial charge in [-0.2, -0.15) is 0 Å². The van der Waals surface area contributed by atoms with Crippen molar-refractivity contribution in [3.05, 3.63) is 54.0 Å². The third-order valence-electron chi connectivity index (χ3n) is 4.01. The Morgan fingerprint density at radius 3 is 3.04 bits per heavy atom. The van der Waals surface area contributed by atoms with Crippen LogP contribution < -0.4 is 10.2 Å². The van der Waals surface area contributed by atoms with Crippen LogP contribution >= 0.6 is 0 Å². The second kappa shape index (κ2) is 8.55. The van der Waals surface area contributed by atoms with E-state index in [0.29, 0.717) is 13.2 Å². The van der Waals surface area contributed by atoms with Crippen LogP contribution in [-0.2, 0) is 17.8 Å². The van der Waals surface area contributed by atoms with Crippen LogP contribution in [0.4, 0.5) is 5.69 Å². The van der Waals surface area contributed by atoms with Crippen molar-refractivity contribution in [2.45, 2.75) is 26.4 Å². The molecule has 5 nitrogen and oxygen atoms in total. The van der Waals surface area contributed by atoms with Gasteiger partial charge in [0, 0.05) is 31.9 Å². The minimum absolute atomic E-state index is 0.524. The Labute approximate surface area is 143 Å². The number of nitrogens with one attached hydrogen (secondary N) is 1. The number of nitrogens with zero attached hydrogens (tertiary/aromatic N) is 2. The molecule has 0 atom stereocenters. The van der Waals surface area contributed by atoms with Crippen LogP contribution in [0.1, 0.15) is 24.7 Å². The van der Waals surface area contributed by atoms with E-state index < -0.39 is 0 Å². The summed E-state index contributed by atoms with van der Waals surface area (Å²) < 4.78 is 10.8. The molecular formula is C19H25N3O2. The number of para-hydroxylation sites is 1. The first kappa shape index (κ1) is 16.6. The number of hydrogen-bond donors (Lipinski definition) is 1. The highest BCUT2D eigenvalue weighted by atomic mass is 16.5. The Morgan fingerprint density at radius 2 is 2.21 bits per heavy atom. The highest BCUT2D eigenvalue weighted by Crippen LogP contribution is 2.27. The molecule has 24 heavy (non-hydrogen) atoms. The van der Waals surface area contributed by atoms with E-state index in [1.807, 2.05) is 12.1 Å². The van der Waals surface area contributed by atoms with E-state index >= 15 is 0 Å². The molecule has 3 rings (SSSR count). The molecule has 0 saturated carbocycles. The molecule has 1 aromatic carbocycles. The Hall–Kier alpha value is -2.27. The number of furan rings is 1. The van der Waals surface area contributed by atoms with Crippen molar-refractivity contribution in [2.75, 3.05) is 31.1 Å². The summed E-state index contributed by atoms with van der Waals surface area (Å²) in [6.07, 6.45) is 3.64. The normalized spacial score (nSPS) is 14.0. The molecule has 0 fully saturated rings. The van der Waals surface area contributed by atoms with Crippen molar-refractivity contribution in [2.24, 2.45) is 4.99 Å². The van der Waals surface area contributed by atoms with Crippen LogP contribution in [0.2, 0.25) is 0 Å². The van der Waals surface area contributed by atoms with Crippen LogP contribution in [-0.4, -0.2) is 32.2 Å². The van der Waals surface area contributed by atoms with Gasteiger partial charge in [-0.05, 0) is 43.5 Å². The molecule has 1 N–H and O–H groups in total. The van der Waals surface area contributed by atoms with E-state index in [4.69, 9.17) is 14.1 Å². The maximum Gasteiger partial charge on any atom is 0.198 e. The van der Waals surface area contributed by atoms with Crippen molar-refractivity contribution < 1.29 is 9.15 Å². The van der Waals surface area contributed by atoms with E-state index in [2.05, 4.69) is 41.4 Å². The minimum atomic E-state index is 0.524. The molecule has 5 heteroatoms. The van der Waals surface area contributed by atoms with E-state index in [1.165, 1.54) is 11.3 Å². The monoisotopic (exact) mass is 327 g/mol. The van der Waals surface area contributed by atoms with Gasteiger partial charge in [0.05, 0.1) is 6.26 Å². The van der Waals surface area contributed by atoms with Crippen LogP contribution in [0.25, 0.3) is 0 Å². The summed E-state index contributed by atoms with van der Waals surface area (Å²) in [4.78, 5) is 7.04. The van der Waals surface area contributed by atoms with Gasteiger partial charge >= 0.3 is 0 Å². The average Bonchev–Trinajstić information content (AvgIpc) is 3.26. The Kier molecular flexibility index (Phi) is 5.90. The van der Waals surface area contributed by atoms with Gasteiger partial charge in [-0.25, -0.2) is 0 Å². The van der Waals surface area contributed by atoms with Crippen molar-refractivity contribution in [3.63, 3.8) is 0 Å². The minimum Gasteiger partial charge on any atom is -0.467 e. The number of benzene rings is 1. The first-order valence-corrected chi connectivity index (χ1v) is 8.62. The summed E-state index contributed by atoms with van der Waals surface area (Å²) in [7, 11) is 0. The lowest BCUT2D eigenvalue weighted by Crippen LogP contribution is -2.40. The Bertz CT molecular complexity index is 652. The van der Waals surface area contributed by atoms with Gasteiger partial charge < -0.3 is 19.4 Å². The van der Waals surface area contributed by atoms with E-state index in [-0.39, 0.29) is 0 Å². The summed E-state index contributed by atoms with van der Waals surface area (Å²) in [6, 6.07) is 12.3. The quantitative estimate of drug-likeness (QED) is 0.482. The number of anilines is 1. The maximum absolute atomic E-state index is 5.60. The fourth-order valence-electron chi connectivity index (χ4n) is 2.87. The standard InChI is InChI=1S/C19H25N3O2/c1-2-20-19(22-12-10-16-7-3-4-9-18(16)22)21-11-6-13-23-15-17-8-5-14-24-17/h3-5,7-9,14H,2,6,10-13,15H2,1H3,(H,20,21). The van der Waals surface area contributed by atoms with Gasteiger partial charge in [-0.3, -0.25) is 4.99 Å². The van der Waals surface area contributed by atoms with Gasteiger partial charge in [-0.1, -0.05) is 18.2 Å². The molecule has 0 unspecified atom stereocenters. The first-order chi connectivity index (χ1) is 11.9. The summed E-state index contributed by atoms with van der Waals surface area (Å²) >= 11 is 0. The summed E-state index contributed by atoms with van der Waals surface area (Å²) in [5, 5.41) is 3.40. The lowest BCUT2D eigenvalue weighted by molar-refractivity contribution is 0.105. The third kappa shape index (κ3) is 4.17. The fraction of sp³-hybridized carbons (Fsp3) is 0.421. The summed E-state index contributed by atoms with van der Waals surface area (Å²) in [6.45, 7) is 5.91. The van der Waals surface area contributed by atoms with Crippen molar-refractivity contribution in [3.8, 4) is 0 Å². The molecule has 0 amide bonds. The average molecular weight is 327 g/mol. The Balaban J connectivity index is 1.49. The molecule has 0 radical (unpaired) electrons. The number of guanidine groups is 1. The predicted molar refractivity (Wildman–Crippen MR) is 96.5 cm³/mol. The molecule has 0 saturated heterocycles. The van der Waals surface area contributed by atoms with Crippen LogP contribution in [0.3, 0.4) is 0 Å². The first-order valence-electron chi connectivity index (χ1n) is 8.62. The second-order valence-corrected chi connectivity index (χ2v) is 5.75. The van der Waals surface area contributed by atoms with Gasteiger partial charge in [0.25, 0.3) is 0 Å². The molecular weight excluding hydrogens is 302 g/mol. The second-order valence-electron chi connectivity index (χ2n) is 5.75. The molecule has 0 bridgehead atoms. The van der Waals surface area contributed by atoms with Crippen molar-refractivity contribution in [1.29, 1.82) is 0 Å². The van der Waals surface area contributed by atoms with E-state index in [0.717, 1.165) is 44.2 Å². The molecule has 0 spiro atoms. The number of fused-ring (bicyclic) bond motifs is 1. The molecule has 2 heterocycles. The van der Waals surface area contributed by atoms with Gasteiger partial charge in [0.1, 0.15) is 12.4 Å². The molecule has 1 aromatic heterocycles. The van der Waals surface area contributed by atoms with Crippen molar-refractivity contribution in [1.82, 2.24) is 5.32 Å². The fourth-order valence-corrected chi connectivity index (χ4v) is 2.87. The largest absolute Gasteiger partial charge is 0.467 e. The smallest absolute Gasteiger partial charge is 0.198 e. The lowest BCUT2D eigenvalue weighted by Gasteiger charge is -2.22. The van der Waals surface area contributed by atoms with Gasteiger partial charge in [0.15, 0.2) is 5.96 Å². The zero-order valence-electron chi connectivity index (χ0n) is 14.2. The molecule has 0 aliphatic carbocycles. The summed E-state index contributed by atoms with van der Waals surface area (Å²) in [5.74, 6) is 1.83. The molecule has 128 valence electrons. The SMILES string of the molecule is CCNC(=NCCCOCc1ccco1)N1CCc2ccccc21. The highest BCUT2D eigenvalue weighted by molar-refractivity contribution is 5.97. The topological polar surface area (TPSA) is 50.0 Å². The number of aliphatic imine (C=N–C) groups is 1. The van der Waals surface area contributed by atoms with Crippen LogP contribution in [0.15, 0.2) is 52.1 Å². The van der Waals surface area contributed by atoms with Crippen LogP contribution in [0, 0.1) is 0 Å². The number of rotatable bonds is 7. The predicted octanol–water partition coefficient (Wildman–Crippen LogP) is 3.21. The highest BCUT2D eigenvalue weighted by Gasteiger charge is 2.22. The Morgan fingerprint density at radius 1 is 1.29 bits per heavy atom. The van der Waals surface area contributed by atoms with Gasteiger partial charge in [0.2, 0.25) is 0 Å². The lowest BCUT2D eigenvalue weighted by atomic mass is 10.2. The van der Waals surface area contributed by atoms with E-state index in [1.54, 1.807) is 6.26 Å². The third-order valence-corrected chi connectivity index (χ3v) is 4.01. The zero-order chi connectivity index (χ0) is 16.6. The maximum atomic E-state index is 5.60.